The number of nitrogens with one attached hydrogen (secondary N) is 1. The van der Waals surface area contributed by atoms with E-state index >= 15 is 0 Å². The molecule has 2 unspecified atom stereocenters. The second-order valence-corrected chi connectivity index (χ2v) is 6.43. The highest BCUT2D eigenvalue weighted by Gasteiger charge is 2.28. The molecular weight excluding hydrogens is 269 g/mol. The molecule has 0 amide bonds. The van der Waals surface area contributed by atoms with Gasteiger partial charge in [0.1, 0.15) is 5.82 Å². The van der Waals surface area contributed by atoms with Crippen molar-refractivity contribution in [3.05, 3.63) is 65.5 Å². The summed E-state index contributed by atoms with van der Waals surface area (Å²) >= 11 is 1.77. The molecule has 0 fully saturated rings. The first-order valence-electron chi connectivity index (χ1n) is 6.95. The Morgan fingerprint density at radius 2 is 2.00 bits per heavy atom. The molecule has 1 nitrogen and oxygen atoms in total. The van der Waals surface area contributed by atoms with E-state index in [1.807, 2.05) is 13.1 Å². The third-order valence-corrected chi connectivity index (χ3v) is 5.19. The van der Waals surface area contributed by atoms with Gasteiger partial charge in [-0.05, 0) is 49.2 Å². The molecule has 0 aromatic heterocycles. The summed E-state index contributed by atoms with van der Waals surface area (Å²) in [5.74, 6) is -0.160. The van der Waals surface area contributed by atoms with E-state index in [1.165, 1.54) is 17.2 Å². The van der Waals surface area contributed by atoms with Gasteiger partial charge in [-0.1, -0.05) is 30.3 Å². The van der Waals surface area contributed by atoms with Crippen molar-refractivity contribution in [2.75, 3.05) is 7.05 Å². The van der Waals surface area contributed by atoms with Gasteiger partial charge in [0.25, 0.3) is 0 Å². The number of fused-ring (bicyclic) bond motifs is 1. The Bertz CT molecular complexity index is 599. The summed E-state index contributed by atoms with van der Waals surface area (Å²) in [7, 11) is 2.01. The summed E-state index contributed by atoms with van der Waals surface area (Å²) in [5, 5.41) is 3.87. The van der Waals surface area contributed by atoms with Gasteiger partial charge in [-0.2, -0.15) is 0 Å². The predicted molar refractivity (Wildman–Crippen MR) is 82.6 cm³/mol. The third-order valence-electron chi connectivity index (χ3n) is 3.85. The summed E-state index contributed by atoms with van der Waals surface area (Å²) in [5.41, 5.74) is 2.82. The van der Waals surface area contributed by atoms with Crippen LogP contribution in [-0.2, 0) is 6.42 Å². The molecule has 20 heavy (non-hydrogen) atoms. The van der Waals surface area contributed by atoms with Crippen LogP contribution in [0.15, 0.2) is 53.4 Å². The van der Waals surface area contributed by atoms with Crippen molar-refractivity contribution in [3.63, 3.8) is 0 Å². The van der Waals surface area contributed by atoms with Gasteiger partial charge in [0.15, 0.2) is 0 Å². The van der Waals surface area contributed by atoms with Crippen molar-refractivity contribution in [2.45, 2.75) is 29.0 Å². The SMILES string of the molecule is CNC1c2ccccc2CCC1Sc1cccc(F)c1. The first-order chi connectivity index (χ1) is 9.78. The van der Waals surface area contributed by atoms with Gasteiger partial charge >= 0.3 is 0 Å². The standard InChI is InChI=1S/C17H18FNS/c1-19-17-15-8-3-2-5-12(15)9-10-16(17)20-14-7-4-6-13(18)11-14/h2-8,11,16-17,19H,9-10H2,1H3. The van der Waals surface area contributed by atoms with Crippen LogP contribution in [0.5, 0.6) is 0 Å². The number of hydrogen-bond donors (Lipinski definition) is 1. The molecule has 0 bridgehead atoms. The highest BCUT2D eigenvalue weighted by Crippen LogP contribution is 2.39. The van der Waals surface area contributed by atoms with Crippen molar-refractivity contribution in [3.8, 4) is 0 Å². The number of rotatable bonds is 3. The van der Waals surface area contributed by atoms with E-state index in [4.69, 9.17) is 0 Å². The van der Waals surface area contributed by atoms with Crippen LogP contribution >= 0.6 is 11.8 Å². The van der Waals surface area contributed by atoms with Crippen LogP contribution in [0, 0.1) is 5.82 Å². The minimum absolute atomic E-state index is 0.160. The Labute approximate surface area is 123 Å². The molecule has 0 spiro atoms. The maximum Gasteiger partial charge on any atom is 0.124 e. The van der Waals surface area contributed by atoms with Crippen molar-refractivity contribution >= 4 is 11.8 Å². The lowest BCUT2D eigenvalue weighted by Gasteiger charge is -2.33. The second-order valence-electron chi connectivity index (χ2n) is 5.12. The molecule has 0 aliphatic heterocycles. The van der Waals surface area contributed by atoms with Crippen LogP contribution in [0.1, 0.15) is 23.6 Å². The number of thioether (sulfide) groups is 1. The fourth-order valence-electron chi connectivity index (χ4n) is 2.91. The van der Waals surface area contributed by atoms with Crippen molar-refractivity contribution in [1.29, 1.82) is 0 Å². The van der Waals surface area contributed by atoms with Gasteiger partial charge in [-0.15, -0.1) is 11.8 Å². The summed E-state index contributed by atoms with van der Waals surface area (Å²) in [6.45, 7) is 0. The monoisotopic (exact) mass is 287 g/mol. The molecule has 0 saturated heterocycles. The quantitative estimate of drug-likeness (QED) is 0.908. The Hall–Kier alpha value is -1.32. The number of aryl methyl sites for hydroxylation is 1. The molecule has 1 N–H and O–H groups in total. The molecule has 3 rings (SSSR count). The fourth-order valence-corrected chi connectivity index (χ4v) is 4.26. The maximum atomic E-state index is 13.3. The van der Waals surface area contributed by atoms with Gasteiger partial charge in [-0.3, -0.25) is 0 Å². The lowest BCUT2D eigenvalue weighted by atomic mass is 9.87. The summed E-state index contributed by atoms with van der Waals surface area (Å²) in [4.78, 5) is 1.01. The lowest BCUT2D eigenvalue weighted by Crippen LogP contribution is -2.32. The average molecular weight is 287 g/mol. The highest BCUT2D eigenvalue weighted by atomic mass is 32.2. The molecule has 0 radical (unpaired) electrons. The molecule has 104 valence electrons. The Morgan fingerprint density at radius 3 is 2.80 bits per heavy atom. The van der Waals surface area contributed by atoms with Gasteiger partial charge in [-0.25, -0.2) is 4.39 Å². The van der Waals surface area contributed by atoms with Gasteiger partial charge < -0.3 is 5.32 Å². The fraction of sp³-hybridized carbons (Fsp3) is 0.294. The molecule has 2 aromatic rings. The van der Waals surface area contributed by atoms with Gasteiger partial charge in [0, 0.05) is 16.2 Å². The Kier molecular flexibility index (Phi) is 4.08. The smallest absolute Gasteiger partial charge is 0.124 e. The third kappa shape index (κ3) is 2.74. The van der Waals surface area contributed by atoms with E-state index in [0.29, 0.717) is 11.3 Å². The normalized spacial score (nSPS) is 21.5. The van der Waals surface area contributed by atoms with Crippen LogP contribution < -0.4 is 5.32 Å². The van der Waals surface area contributed by atoms with Crippen molar-refractivity contribution in [1.82, 2.24) is 5.32 Å². The highest BCUT2D eigenvalue weighted by molar-refractivity contribution is 8.00. The Balaban J connectivity index is 1.84. The molecule has 1 aliphatic carbocycles. The molecule has 1 aliphatic rings. The van der Waals surface area contributed by atoms with Crippen LogP contribution in [0.3, 0.4) is 0 Å². The number of halogens is 1. The van der Waals surface area contributed by atoms with E-state index < -0.39 is 0 Å². The van der Waals surface area contributed by atoms with Crippen LogP contribution in [0.25, 0.3) is 0 Å². The zero-order chi connectivity index (χ0) is 13.9. The minimum atomic E-state index is -0.160. The second kappa shape index (κ2) is 5.98. The van der Waals surface area contributed by atoms with Crippen LogP contribution in [-0.4, -0.2) is 12.3 Å². The molecule has 0 heterocycles. The van der Waals surface area contributed by atoms with E-state index in [0.717, 1.165) is 17.7 Å². The zero-order valence-electron chi connectivity index (χ0n) is 11.5. The van der Waals surface area contributed by atoms with Crippen LogP contribution in [0.2, 0.25) is 0 Å². The molecular formula is C17H18FNS. The zero-order valence-corrected chi connectivity index (χ0v) is 12.3. The number of hydrogen-bond acceptors (Lipinski definition) is 2. The first kappa shape index (κ1) is 13.7. The largest absolute Gasteiger partial charge is 0.312 e. The summed E-state index contributed by atoms with van der Waals surface area (Å²) in [6, 6.07) is 15.8. The average Bonchev–Trinajstić information content (AvgIpc) is 2.47. The van der Waals surface area contributed by atoms with E-state index in [1.54, 1.807) is 23.9 Å². The summed E-state index contributed by atoms with van der Waals surface area (Å²) < 4.78 is 13.3. The van der Waals surface area contributed by atoms with Gasteiger partial charge in [0.2, 0.25) is 0 Å². The van der Waals surface area contributed by atoms with Crippen LogP contribution in [0.4, 0.5) is 4.39 Å². The first-order valence-corrected chi connectivity index (χ1v) is 7.83. The van der Waals surface area contributed by atoms with Crippen molar-refractivity contribution in [2.24, 2.45) is 0 Å². The lowest BCUT2D eigenvalue weighted by molar-refractivity contribution is 0.510. The minimum Gasteiger partial charge on any atom is -0.312 e. The van der Waals surface area contributed by atoms with E-state index in [9.17, 15) is 4.39 Å². The molecule has 2 atom stereocenters. The summed E-state index contributed by atoms with van der Waals surface area (Å²) in [6.07, 6.45) is 2.21. The molecule has 2 aromatic carbocycles. The molecule has 0 saturated carbocycles. The number of benzene rings is 2. The predicted octanol–water partition coefficient (Wildman–Crippen LogP) is 4.19. The van der Waals surface area contributed by atoms with Gasteiger partial charge in [0.05, 0.1) is 0 Å². The van der Waals surface area contributed by atoms with E-state index in [2.05, 4.69) is 29.6 Å². The Morgan fingerprint density at radius 1 is 1.15 bits per heavy atom. The van der Waals surface area contributed by atoms with E-state index in [-0.39, 0.29) is 5.82 Å². The maximum absolute atomic E-state index is 13.3. The topological polar surface area (TPSA) is 12.0 Å². The molecule has 3 heteroatoms. The van der Waals surface area contributed by atoms with Crippen molar-refractivity contribution < 1.29 is 4.39 Å².